The Hall–Kier alpha value is -2.75. The van der Waals surface area contributed by atoms with Gasteiger partial charge in [0.1, 0.15) is 18.5 Å². The van der Waals surface area contributed by atoms with Crippen molar-refractivity contribution in [2.45, 2.75) is 38.6 Å². The predicted molar refractivity (Wildman–Crippen MR) is 118 cm³/mol. The lowest BCUT2D eigenvalue weighted by molar-refractivity contribution is 0.142. The maximum absolute atomic E-state index is 12.1. The molecule has 4 rings (SSSR count). The standard InChI is InChI=1S/C22H30N6O3/c1-15(18-5-3-17(4-6-18)13-27-11-9-23-10-12-27)25-21-24-8-7-20(26-21)28-19(16(2)29)14-31-22(28)30/h3-8,15-16,19,23,29H,9-14H2,1-2H3,(H,24,25,26)/t15-,16+,19?/m0/s1. The maximum Gasteiger partial charge on any atom is 0.416 e. The van der Waals surface area contributed by atoms with Crippen LogP contribution in [-0.4, -0.2) is 71.0 Å². The first kappa shape index (κ1) is 21.5. The first-order valence-corrected chi connectivity index (χ1v) is 10.8. The van der Waals surface area contributed by atoms with E-state index in [-0.39, 0.29) is 12.6 Å². The first-order valence-electron chi connectivity index (χ1n) is 10.8. The Balaban J connectivity index is 1.41. The summed E-state index contributed by atoms with van der Waals surface area (Å²) < 4.78 is 5.09. The van der Waals surface area contributed by atoms with Crippen LogP contribution in [0.3, 0.4) is 0 Å². The third-order valence-electron chi connectivity index (χ3n) is 5.79. The van der Waals surface area contributed by atoms with Gasteiger partial charge >= 0.3 is 6.09 Å². The molecule has 166 valence electrons. The minimum Gasteiger partial charge on any atom is -0.447 e. The van der Waals surface area contributed by atoms with Gasteiger partial charge in [-0.15, -0.1) is 0 Å². The van der Waals surface area contributed by atoms with E-state index in [1.807, 2.05) is 6.92 Å². The second-order valence-electron chi connectivity index (χ2n) is 8.13. The van der Waals surface area contributed by atoms with Gasteiger partial charge in [-0.3, -0.25) is 9.80 Å². The second kappa shape index (κ2) is 9.59. The SMILES string of the molecule is C[C@H](Nc1nccc(N2C(=O)OCC2[C@@H](C)O)n1)c1ccc(CN2CCNCC2)cc1. The van der Waals surface area contributed by atoms with Crippen LogP contribution < -0.4 is 15.5 Å². The van der Waals surface area contributed by atoms with Crippen molar-refractivity contribution in [1.82, 2.24) is 20.2 Å². The molecule has 3 heterocycles. The van der Waals surface area contributed by atoms with Crippen LogP contribution in [0.1, 0.15) is 31.0 Å². The summed E-state index contributed by atoms with van der Waals surface area (Å²) in [7, 11) is 0. The number of amides is 1. The normalized spacial score (nSPS) is 21.6. The van der Waals surface area contributed by atoms with Gasteiger partial charge in [0, 0.05) is 38.9 Å². The lowest BCUT2D eigenvalue weighted by Gasteiger charge is -2.27. The molecule has 9 heteroatoms. The molecule has 1 aromatic carbocycles. The fraction of sp³-hybridized carbons (Fsp3) is 0.500. The Morgan fingerprint density at radius 3 is 2.68 bits per heavy atom. The monoisotopic (exact) mass is 426 g/mol. The molecule has 0 spiro atoms. The molecule has 3 N–H and O–H groups in total. The van der Waals surface area contributed by atoms with Crippen LogP contribution in [0.25, 0.3) is 0 Å². The molecule has 2 aliphatic heterocycles. The summed E-state index contributed by atoms with van der Waals surface area (Å²) in [6.07, 6.45) is 0.360. The van der Waals surface area contributed by atoms with Crippen molar-refractivity contribution in [3.63, 3.8) is 0 Å². The molecular weight excluding hydrogens is 396 g/mol. The molecule has 2 fully saturated rings. The Morgan fingerprint density at radius 1 is 1.23 bits per heavy atom. The van der Waals surface area contributed by atoms with Gasteiger partial charge < -0.3 is 20.5 Å². The third kappa shape index (κ3) is 5.12. The van der Waals surface area contributed by atoms with Gasteiger partial charge in [0.15, 0.2) is 0 Å². The predicted octanol–water partition coefficient (Wildman–Crippen LogP) is 1.76. The number of ether oxygens (including phenoxy) is 1. The van der Waals surface area contributed by atoms with Gasteiger partial charge in [-0.05, 0) is 31.0 Å². The minimum absolute atomic E-state index is 0.0124. The van der Waals surface area contributed by atoms with Crippen LogP contribution in [-0.2, 0) is 11.3 Å². The third-order valence-corrected chi connectivity index (χ3v) is 5.79. The van der Waals surface area contributed by atoms with Gasteiger partial charge in [-0.2, -0.15) is 4.98 Å². The summed E-state index contributed by atoms with van der Waals surface area (Å²) in [5.74, 6) is 0.823. The largest absolute Gasteiger partial charge is 0.447 e. The molecule has 0 aliphatic carbocycles. The Bertz CT molecular complexity index is 885. The summed E-state index contributed by atoms with van der Waals surface area (Å²) >= 11 is 0. The maximum atomic E-state index is 12.1. The number of benzene rings is 1. The van der Waals surface area contributed by atoms with Gasteiger partial charge in [0.05, 0.1) is 12.1 Å². The summed E-state index contributed by atoms with van der Waals surface area (Å²) in [6, 6.07) is 9.75. The molecule has 2 aliphatic rings. The van der Waals surface area contributed by atoms with Crippen LogP contribution in [0, 0.1) is 0 Å². The fourth-order valence-electron chi connectivity index (χ4n) is 3.92. The average molecular weight is 427 g/mol. The van der Waals surface area contributed by atoms with E-state index in [9.17, 15) is 9.90 Å². The van der Waals surface area contributed by atoms with Gasteiger partial charge in [-0.1, -0.05) is 24.3 Å². The minimum atomic E-state index is -0.725. The summed E-state index contributed by atoms with van der Waals surface area (Å²) in [6.45, 7) is 9.03. The number of aliphatic hydroxyl groups excluding tert-OH is 1. The molecule has 1 amide bonds. The number of hydrogen-bond acceptors (Lipinski definition) is 8. The van der Waals surface area contributed by atoms with E-state index in [1.165, 1.54) is 10.5 Å². The number of piperazine rings is 1. The van der Waals surface area contributed by atoms with E-state index >= 15 is 0 Å². The molecule has 2 saturated heterocycles. The zero-order chi connectivity index (χ0) is 21.8. The summed E-state index contributed by atoms with van der Waals surface area (Å²) in [4.78, 5) is 24.7. The van der Waals surface area contributed by atoms with Crippen molar-refractivity contribution in [1.29, 1.82) is 0 Å². The van der Waals surface area contributed by atoms with Crippen molar-refractivity contribution in [2.24, 2.45) is 0 Å². The summed E-state index contributed by atoms with van der Waals surface area (Å²) in [5.41, 5.74) is 2.42. The molecule has 1 unspecified atom stereocenters. The van der Waals surface area contributed by atoms with Crippen molar-refractivity contribution in [2.75, 3.05) is 43.0 Å². The second-order valence-corrected chi connectivity index (χ2v) is 8.13. The molecule has 0 bridgehead atoms. The molecule has 2 aromatic rings. The Morgan fingerprint density at radius 2 is 1.97 bits per heavy atom. The summed E-state index contributed by atoms with van der Waals surface area (Å²) in [5, 5.41) is 16.6. The topological polar surface area (TPSA) is 103 Å². The highest BCUT2D eigenvalue weighted by Gasteiger charge is 2.38. The molecule has 3 atom stereocenters. The number of aliphatic hydroxyl groups is 1. The lowest BCUT2D eigenvalue weighted by Crippen LogP contribution is -2.42. The molecular formula is C22H30N6O3. The van der Waals surface area contributed by atoms with E-state index in [0.29, 0.717) is 11.8 Å². The van der Waals surface area contributed by atoms with E-state index < -0.39 is 18.2 Å². The smallest absolute Gasteiger partial charge is 0.416 e. The number of rotatable bonds is 7. The zero-order valence-corrected chi connectivity index (χ0v) is 18.0. The number of nitrogens with zero attached hydrogens (tertiary/aromatic N) is 4. The molecule has 9 nitrogen and oxygen atoms in total. The lowest BCUT2D eigenvalue weighted by atomic mass is 10.1. The highest BCUT2D eigenvalue weighted by molar-refractivity contribution is 5.89. The highest BCUT2D eigenvalue weighted by atomic mass is 16.6. The zero-order valence-electron chi connectivity index (χ0n) is 18.0. The van der Waals surface area contributed by atoms with Crippen LogP contribution in [0.4, 0.5) is 16.6 Å². The number of cyclic esters (lactones) is 1. The molecule has 31 heavy (non-hydrogen) atoms. The van der Waals surface area contributed by atoms with E-state index in [1.54, 1.807) is 19.2 Å². The number of aromatic nitrogens is 2. The quantitative estimate of drug-likeness (QED) is 0.616. The number of hydrogen-bond donors (Lipinski definition) is 3. The Kier molecular flexibility index (Phi) is 6.64. The average Bonchev–Trinajstić information content (AvgIpc) is 3.17. The van der Waals surface area contributed by atoms with Crippen molar-refractivity contribution < 1.29 is 14.6 Å². The van der Waals surface area contributed by atoms with Crippen LogP contribution >= 0.6 is 0 Å². The van der Waals surface area contributed by atoms with Crippen molar-refractivity contribution >= 4 is 17.9 Å². The van der Waals surface area contributed by atoms with Gasteiger partial charge in [0.25, 0.3) is 0 Å². The highest BCUT2D eigenvalue weighted by Crippen LogP contribution is 2.25. The molecule has 0 radical (unpaired) electrons. The number of anilines is 2. The Labute approximate surface area is 182 Å². The molecule has 1 aromatic heterocycles. The van der Waals surface area contributed by atoms with E-state index in [0.717, 1.165) is 38.3 Å². The van der Waals surface area contributed by atoms with Crippen molar-refractivity contribution in [3.05, 3.63) is 47.7 Å². The van der Waals surface area contributed by atoms with Crippen molar-refractivity contribution in [3.8, 4) is 0 Å². The number of carbonyl (C=O) groups is 1. The number of nitrogens with one attached hydrogen (secondary N) is 2. The van der Waals surface area contributed by atoms with Crippen LogP contribution in [0.5, 0.6) is 0 Å². The van der Waals surface area contributed by atoms with Gasteiger partial charge in [-0.25, -0.2) is 9.78 Å². The van der Waals surface area contributed by atoms with E-state index in [2.05, 4.69) is 49.8 Å². The molecule has 0 saturated carbocycles. The van der Waals surface area contributed by atoms with Crippen LogP contribution in [0.15, 0.2) is 36.5 Å². The fourth-order valence-corrected chi connectivity index (χ4v) is 3.92. The van der Waals surface area contributed by atoms with Crippen LogP contribution in [0.2, 0.25) is 0 Å². The first-order chi connectivity index (χ1) is 15.0. The van der Waals surface area contributed by atoms with E-state index in [4.69, 9.17) is 4.74 Å². The number of carbonyl (C=O) groups excluding carboxylic acids is 1. The van der Waals surface area contributed by atoms with Gasteiger partial charge in [0.2, 0.25) is 5.95 Å².